The van der Waals surface area contributed by atoms with E-state index in [0.717, 1.165) is 29.1 Å². The molecule has 0 saturated carbocycles. The molecule has 3 heterocycles. The second-order valence-electron chi connectivity index (χ2n) is 6.26. The fourth-order valence-electron chi connectivity index (χ4n) is 3.44. The first-order chi connectivity index (χ1) is 12.3. The van der Waals surface area contributed by atoms with E-state index in [1.807, 2.05) is 19.3 Å². The number of aromatic nitrogens is 3. The van der Waals surface area contributed by atoms with Crippen LogP contribution in [-0.4, -0.2) is 34.6 Å². The Bertz CT molecular complexity index is 877. The third kappa shape index (κ3) is 3.17. The van der Waals surface area contributed by atoms with Gasteiger partial charge in [-0.1, -0.05) is 0 Å². The molecule has 4 rings (SSSR count). The third-order valence-electron chi connectivity index (χ3n) is 4.66. The van der Waals surface area contributed by atoms with E-state index < -0.39 is 0 Å². The topological polar surface area (TPSA) is 68.9 Å². The van der Waals surface area contributed by atoms with Crippen LogP contribution in [0.15, 0.2) is 41.7 Å². The third-order valence-corrected chi connectivity index (χ3v) is 5.35. The molecule has 1 fully saturated rings. The molecule has 1 aliphatic heterocycles. The van der Waals surface area contributed by atoms with Crippen molar-refractivity contribution < 1.29 is 0 Å². The number of anilines is 3. The van der Waals surface area contributed by atoms with E-state index in [1.54, 1.807) is 18.3 Å². The summed E-state index contributed by atoms with van der Waals surface area (Å²) >= 11 is 1.61. The van der Waals surface area contributed by atoms with Gasteiger partial charge in [-0.05, 0) is 63.0 Å². The number of hydrogen-bond donors (Lipinski definition) is 3. The highest BCUT2D eigenvalue weighted by molar-refractivity contribution is 7.97. The van der Waals surface area contributed by atoms with Gasteiger partial charge >= 0.3 is 0 Å². The first kappa shape index (κ1) is 16.2. The van der Waals surface area contributed by atoms with E-state index in [-0.39, 0.29) is 0 Å². The highest BCUT2D eigenvalue weighted by Gasteiger charge is 2.23. The van der Waals surface area contributed by atoms with Crippen LogP contribution >= 0.6 is 11.9 Å². The van der Waals surface area contributed by atoms with Gasteiger partial charge in [0.05, 0.1) is 16.8 Å². The predicted octanol–water partition coefficient (Wildman–Crippen LogP) is 3.92. The molecule has 0 radical (unpaired) electrons. The quantitative estimate of drug-likeness (QED) is 0.604. The van der Waals surface area contributed by atoms with Crippen molar-refractivity contribution in [3.05, 3.63) is 36.8 Å². The monoisotopic (exact) mass is 354 g/mol. The zero-order valence-electron chi connectivity index (χ0n) is 14.4. The van der Waals surface area contributed by atoms with Gasteiger partial charge in [0.2, 0.25) is 0 Å². The van der Waals surface area contributed by atoms with E-state index >= 15 is 0 Å². The SMILES string of the molecule is CNSc1ccc(N2CCCC2C)c(Nc2ncnc3[nH]ccc23)c1. The molecule has 1 saturated heterocycles. The summed E-state index contributed by atoms with van der Waals surface area (Å²) in [6, 6.07) is 9.11. The molecule has 1 unspecified atom stereocenters. The molecule has 1 aliphatic rings. The number of aromatic amines is 1. The summed E-state index contributed by atoms with van der Waals surface area (Å²) in [4.78, 5) is 15.5. The standard InChI is InChI=1S/C18H22N6S/c1-12-4-3-9-24(12)16-6-5-13(25-19-2)10-15(16)23-18-14-7-8-20-17(14)21-11-22-18/h5-8,10-12,19H,3-4,9H2,1-2H3,(H2,20,21,22,23). The Morgan fingerprint density at radius 3 is 3.00 bits per heavy atom. The van der Waals surface area contributed by atoms with Crippen LogP contribution in [0.4, 0.5) is 17.2 Å². The van der Waals surface area contributed by atoms with Crippen LogP contribution < -0.4 is 14.9 Å². The van der Waals surface area contributed by atoms with Crippen LogP contribution in [0.5, 0.6) is 0 Å². The van der Waals surface area contributed by atoms with E-state index in [4.69, 9.17) is 0 Å². The maximum Gasteiger partial charge on any atom is 0.143 e. The normalized spacial score (nSPS) is 17.4. The van der Waals surface area contributed by atoms with Crippen LogP contribution in [0.1, 0.15) is 19.8 Å². The largest absolute Gasteiger partial charge is 0.367 e. The highest BCUT2D eigenvalue weighted by atomic mass is 32.2. The lowest BCUT2D eigenvalue weighted by Gasteiger charge is -2.27. The molecule has 0 bridgehead atoms. The van der Waals surface area contributed by atoms with Gasteiger partial charge in [-0.3, -0.25) is 4.72 Å². The van der Waals surface area contributed by atoms with E-state index in [2.05, 4.69) is 55.0 Å². The molecule has 0 aliphatic carbocycles. The number of rotatable bonds is 5. The minimum atomic E-state index is 0.557. The summed E-state index contributed by atoms with van der Waals surface area (Å²) in [7, 11) is 1.93. The Labute approximate surface area is 151 Å². The molecule has 130 valence electrons. The van der Waals surface area contributed by atoms with Crippen LogP contribution in [-0.2, 0) is 0 Å². The zero-order valence-corrected chi connectivity index (χ0v) is 15.2. The summed E-state index contributed by atoms with van der Waals surface area (Å²) < 4.78 is 3.14. The van der Waals surface area contributed by atoms with Crippen molar-refractivity contribution in [2.75, 3.05) is 23.8 Å². The van der Waals surface area contributed by atoms with E-state index in [1.165, 1.54) is 23.4 Å². The molecule has 1 atom stereocenters. The van der Waals surface area contributed by atoms with Gasteiger partial charge in [0, 0.05) is 23.7 Å². The van der Waals surface area contributed by atoms with Crippen molar-refractivity contribution in [2.45, 2.75) is 30.7 Å². The second-order valence-corrected chi connectivity index (χ2v) is 7.34. The molecule has 6 nitrogen and oxygen atoms in total. The van der Waals surface area contributed by atoms with Gasteiger partial charge in [-0.25, -0.2) is 9.97 Å². The Balaban J connectivity index is 1.75. The van der Waals surface area contributed by atoms with Crippen molar-refractivity contribution in [1.82, 2.24) is 19.7 Å². The van der Waals surface area contributed by atoms with Gasteiger partial charge in [-0.15, -0.1) is 0 Å². The average Bonchev–Trinajstić information content (AvgIpc) is 3.25. The number of fused-ring (bicyclic) bond motifs is 1. The lowest BCUT2D eigenvalue weighted by Crippen LogP contribution is -2.27. The maximum absolute atomic E-state index is 4.45. The minimum absolute atomic E-state index is 0.557. The van der Waals surface area contributed by atoms with Crippen molar-refractivity contribution in [3.63, 3.8) is 0 Å². The number of benzene rings is 1. The summed E-state index contributed by atoms with van der Waals surface area (Å²) in [6.07, 6.45) is 5.96. The van der Waals surface area contributed by atoms with Gasteiger partial charge in [-0.2, -0.15) is 0 Å². The predicted molar refractivity (Wildman–Crippen MR) is 105 cm³/mol. The fraction of sp³-hybridized carbons (Fsp3) is 0.333. The molecule has 0 amide bonds. The van der Waals surface area contributed by atoms with Crippen molar-refractivity contribution >= 4 is 40.2 Å². The number of nitrogens with one attached hydrogen (secondary N) is 3. The Morgan fingerprint density at radius 2 is 2.20 bits per heavy atom. The summed E-state index contributed by atoms with van der Waals surface area (Å²) in [5, 5.41) is 4.54. The van der Waals surface area contributed by atoms with Crippen molar-refractivity contribution in [1.29, 1.82) is 0 Å². The molecule has 7 heteroatoms. The van der Waals surface area contributed by atoms with Gasteiger partial charge in [0.15, 0.2) is 0 Å². The lowest BCUT2D eigenvalue weighted by molar-refractivity contribution is 0.735. The van der Waals surface area contributed by atoms with Crippen LogP contribution in [0.25, 0.3) is 11.0 Å². The highest BCUT2D eigenvalue weighted by Crippen LogP contribution is 2.36. The fourth-order valence-corrected chi connectivity index (χ4v) is 3.99. The molecule has 3 N–H and O–H groups in total. The maximum atomic E-state index is 4.45. The average molecular weight is 354 g/mol. The van der Waals surface area contributed by atoms with E-state index in [0.29, 0.717) is 6.04 Å². The van der Waals surface area contributed by atoms with Crippen molar-refractivity contribution in [3.8, 4) is 0 Å². The molecule has 2 aromatic heterocycles. The molecule has 3 aromatic rings. The summed E-state index contributed by atoms with van der Waals surface area (Å²) in [6.45, 7) is 3.39. The number of nitrogens with zero attached hydrogens (tertiary/aromatic N) is 3. The van der Waals surface area contributed by atoms with Crippen LogP contribution in [0.2, 0.25) is 0 Å². The van der Waals surface area contributed by atoms with Crippen molar-refractivity contribution in [2.24, 2.45) is 0 Å². The summed E-state index contributed by atoms with van der Waals surface area (Å²) in [5.41, 5.74) is 3.15. The molecule has 0 spiro atoms. The Kier molecular flexibility index (Phi) is 4.50. The van der Waals surface area contributed by atoms with Crippen LogP contribution in [0, 0.1) is 0 Å². The minimum Gasteiger partial charge on any atom is -0.367 e. The number of H-pyrrole nitrogens is 1. The first-order valence-electron chi connectivity index (χ1n) is 8.55. The summed E-state index contributed by atoms with van der Waals surface area (Å²) in [5.74, 6) is 0.825. The molecular formula is C18H22N6S. The molecule has 1 aromatic carbocycles. The lowest BCUT2D eigenvalue weighted by atomic mass is 10.2. The second kappa shape index (κ2) is 6.93. The van der Waals surface area contributed by atoms with Gasteiger partial charge in [0.1, 0.15) is 17.8 Å². The Morgan fingerprint density at radius 1 is 1.28 bits per heavy atom. The number of hydrogen-bond acceptors (Lipinski definition) is 6. The Hall–Kier alpha value is -2.25. The van der Waals surface area contributed by atoms with Gasteiger partial charge < -0.3 is 15.2 Å². The van der Waals surface area contributed by atoms with E-state index in [9.17, 15) is 0 Å². The zero-order chi connectivity index (χ0) is 17.2. The molecular weight excluding hydrogens is 332 g/mol. The molecule has 25 heavy (non-hydrogen) atoms. The van der Waals surface area contributed by atoms with Crippen LogP contribution in [0.3, 0.4) is 0 Å². The first-order valence-corrected chi connectivity index (χ1v) is 9.37. The van der Waals surface area contributed by atoms with Gasteiger partial charge in [0.25, 0.3) is 0 Å². The smallest absolute Gasteiger partial charge is 0.143 e.